The molecule has 8 nitrogen and oxygen atoms in total. The van der Waals surface area contributed by atoms with E-state index in [2.05, 4.69) is 9.98 Å². The van der Waals surface area contributed by atoms with Crippen molar-refractivity contribution in [1.29, 1.82) is 0 Å². The van der Waals surface area contributed by atoms with Gasteiger partial charge < -0.3 is 16.0 Å². The molecule has 1 aromatic heterocycles. The summed E-state index contributed by atoms with van der Waals surface area (Å²) in [6.45, 7) is 0.731. The summed E-state index contributed by atoms with van der Waals surface area (Å²) in [5, 5.41) is 0. The van der Waals surface area contributed by atoms with E-state index in [0.717, 1.165) is 12.3 Å². The number of aromatic nitrogens is 2. The number of aliphatic imine (C=N–C) groups is 1. The lowest BCUT2D eigenvalue weighted by molar-refractivity contribution is 0.100. The number of halogens is 1. The normalized spacial score (nSPS) is 11.3. The van der Waals surface area contributed by atoms with Crippen molar-refractivity contribution < 1.29 is 17.6 Å². The second-order valence-electron chi connectivity index (χ2n) is 5.15. The van der Waals surface area contributed by atoms with Crippen molar-refractivity contribution in [2.45, 2.75) is 18.5 Å². The third kappa shape index (κ3) is 3.59. The molecule has 1 aromatic carbocycles. The van der Waals surface area contributed by atoms with Gasteiger partial charge in [-0.1, -0.05) is 0 Å². The Morgan fingerprint density at radius 1 is 1.38 bits per heavy atom. The van der Waals surface area contributed by atoms with Gasteiger partial charge in [0.05, 0.1) is 22.6 Å². The van der Waals surface area contributed by atoms with Gasteiger partial charge in [0, 0.05) is 18.0 Å². The highest BCUT2D eigenvalue weighted by Crippen LogP contribution is 2.26. The van der Waals surface area contributed by atoms with Crippen LogP contribution in [0.1, 0.15) is 21.6 Å². The second-order valence-corrected chi connectivity index (χ2v) is 7.13. The van der Waals surface area contributed by atoms with Crippen molar-refractivity contribution in [1.82, 2.24) is 9.55 Å². The van der Waals surface area contributed by atoms with Crippen molar-refractivity contribution in [3.8, 4) is 5.69 Å². The Morgan fingerprint density at radius 2 is 2.04 bits per heavy atom. The highest BCUT2D eigenvalue weighted by molar-refractivity contribution is 7.90. The zero-order valence-corrected chi connectivity index (χ0v) is 13.8. The average Bonchev–Trinajstić information content (AvgIpc) is 2.90. The van der Waals surface area contributed by atoms with Gasteiger partial charge in [-0.3, -0.25) is 4.79 Å². The van der Waals surface area contributed by atoms with E-state index in [9.17, 15) is 17.6 Å². The molecule has 0 saturated heterocycles. The zero-order valence-electron chi connectivity index (χ0n) is 13.0. The quantitative estimate of drug-likeness (QED) is 0.606. The van der Waals surface area contributed by atoms with Gasteiger partial charge in [-0.05, 0) is 24.6 Å². The molecule has 4 N–H and O–H groups in total. The SMILES string of the molecule is Cc1cn(-c2cc(CF)c(C(=O)N=C(N)N)cc2S(C)(=O)=O)cn1. The highest BCUT2D eigenvalue weighted by atomic mass is 32.2. The number of amides is 1. The summed E-state index contributed by atoms with van der Waals surface area (Å²) >= 11 is 0. The molecule has 0 aliphatic carbocycles. The number of nitrogens with two attached hydrogens (primary N) is 2. The number of nitrogens with zero attached hydrogens (tertiary/aromatic N) is 3. The first-order valence-electron chi connectivity index (χ1n) is 6.71. The molecule has 0 unspecified atom stereocenters. The number of benzene rings is 1. The van der Waals surface area contributed by atoms with Crippen LogP contribution >= 0.6 is 0 Å². The van der Waals surface area contributed by atoms with Crippen molar-refractivity contribution in [3.63, 3.8) is 0 Å². The summed E-state index contributed by atoms with van der Waals surface area (Å²) in [5.74, 6) is -1.42. The number of rotatable bonds is 4. The molecule has 2 aromatic rings. The zero-order chi connectivity index (χ0) is 18.1. The van der Waals surface area contributed by atoms with E-state index in [-0.39, 0.29) is 21.7 Å². The largest absolute Gasteiger partial charge is 0.370 e. The first-order chi connectivity index (χ1) is 11.1. The predicted molar refractivity (Wildman–Crippen MR) is 86.4 cm³/mol. The molecule has 0 atom stereocenters. The van der Waals surface area contributed by atoms with E-state index in [4.69, 9.17) is 11.5 Å². The fraction of sp³-hybridized carbons (Fsp3) is 0.214. The third-order valence-corrected chi connectivity index (χ3v) is 4.31. The number of guanidine groups is 1. The molecule has 128 valence electrons. The van der Waals surface area contributed by atoms with Gasteiger partial charge in [-0.25, -0.2) is 17.8 Å². The maximum Gasteiger partial charge on any atom is 0.280 e. The van der Waals surface area contributed by atoms with E-state index in [1.54, 1.807) is 13.1 Å². The Balaban J connectivity index is 2.78. The number of hydrogen-bond acceptors (Lipinski definition) is 4. The Morgan fingerprint density at radius 3 is 2.50 bits per heavy atom. The van der Waals surface area contributed by atoms with Gasteiger partial charge in [0.15, 0.2) is 15.8 Å². The van der Waals surface area contributed by atoms with Crippen LogP contribution in [0.5, 0.6) is 0 Å². The third-order valence-electron chi connectivity index (χ3n) is 3.18. The van der Waals surface area contributed by atoms with Crippen LogP contribution in [-0.2, 0) is 16.5 Å². The first-order valence-corrected chi connectivity index (χ1v) is 8.60. The lowest BCUT2D eigenvalue weighted by Gasteiger charge is -2.13. The van der Waals surface area contributed by atoms with Crippen molar-refractivity contribution in [2.75, 3.05) is 6.26 Å². The standard InChI is InChI=1S/C14H16FN5O3S/c1-8-6-20(7-18-8)11-3-9(5-15)10(13(21)19-14(16)17)4-12(11)24(2,22)23/h3-4,6-7H,5H2,1-2H3,(H4,16,17,19,21). The smallest absolute Gasteiger partial charge is 0.280 e. The van der Waals surface area contributed by atoms with Crippen LogP contribution in [0.15, 0.2) is 34.5 Å². The van der Waals surface area contributed by atoms with Crippen LogP contribution in [-0.4, -0.2) is 36.1 Å². The van der Waals surface area contributed by atoms with Crippen LogP contribution in [0.25, 0.3) is 5.69 Å². The summed E-state index contributed by atoms with van der Waals surface area (Å²) in [6.07, 6.45) is 3.97. The maximum absolute atomic E-state index is 13.4. The molecule has 2 rings (SSSR count). The highest BCUT2D eigenvalue weighted by Gasteiger charge is 2.22. The fourth-order valence-corrected chi connectivity index (χ4v) is 3.03. The second kappa shape index (κ2) is 6.40. The summed E-state index contributed by atoms with van der Waals surface area (Å²) in [6, 6.07) is 2.34. The van der Waals surface area contributed by atoms with Gasteiger partial charge in [0.2, 0.25) is 0 Å². The molecule has 24 heavy (non-hydrogen) atoms. The molecule has 1 heterocycles. The van der Waals surface area contributed by atoms with Crippen molar-refractivity contribution >= 4 is 21.7 Å². The fourth-order valence-electron chi connectivity index (χ4n) is 2.15. The summed E-state index contributed by atoms with van der Waals surface area (Å²) in [7, 11) is -3.72. The van der Waals surface area contributed by atoms with Crippen LogP contribution in [0.4, 0.5) is 4.39 Å². The van der Waals surface area contributed by atoms with Gasteiger partial charge in [0.25, 0.3) is 5.91 Å². The lowest BCUT2D eigenvalue weighted by atomic mass is 10.1. The number of carbonyl (C=O) groups is 1. The number of hydrogen-bond donors (Lipinski definition) is 2. The minimum atomic E-state index is -3.72. The molecule has 0 radical (unpaired) electrons. The maximum atomic E-state index is 13.4. The predicted octanol–water partition coefficient (Wildman–Crippen LogP) is 0.467. The van der Waals surface area contributed by atoms with Crippen LogP contribution in [0.2, 0.25) is 0 Å². The number of aryl methyl sites for hydroxylation is 1. The summed E-state index contributed by atoms with van der Waals surface area (Å²) in [4.78, 5) is 19.2. The molecular weight excluding hydrogens is 337 g/mol. The molecule has 0 bridgehead atoms. The van der Waals surface area contributed by atoms with E-state index in [1.165, 1.54) is 17.0 Å². The summed E-state index contributed by atoms with van der Waals surface area (Å²) < 4.78 is 39.0. The van der Waals surface area contributed by atoms with Crippen molar-refractivity contribution in [3.05, 3.63) is 41.5 Å². The molecular formula is C14H16FN5O3S. The van der Waals surface area contributed by atoms with Gasteiger partial charge >= 0.3 is 0 Å². The Labute approximate surface area is 137 Å². The Kier molecular flexibility index (Phi) is 4.69. The number of alkyl halides is 1. The molecule has 0 aliphatic rings. The van der Waals surface area contributed by atoms with E-state index in [1.807, 2.05) is 0 Å². The molecule has 1 amide bonds. The monoisotopic (exact) mass is 353 g/mol. The lowest BCUT2D eigenvalue weighted by Crippen LogP contribution is -2.24. The topological polar surface area (TPSA) is 133 Å². The molecule has 0 aliphatic heterocycles. The van der Waals surface area contributed by atoms with E-state index in [0.29, 0.717) is 5.69 Å². The van der Waals surface area contributed by atoms with Crippen molar-refractivity contribution in [2.24, 2.45) is 16.5 Å². The minimum absolute atomic E-state index is 0.0289. The number of imidazole rings is 1. The van der Waals surface area contributed by atoms with Crippen LogP contribution in [0.3, 0.4) is 0 Å². The summed E-state index contributed by atoms with van der Waals surface area (Å²) in [5.41, 5.74) is 10.9. The minimum Gasteiger partial charge on any atom is -0.370 e. The van der Waals surface area contributed by atoms with Gasteiger partial charge in [-0.2, -0.15) is 4.99 Å². The molecule has 10 heteroatoms. The average molecular weight is 353 g/mol. The number of carbonyl (C=O) groups excluding carboxylic acids is 1. The Hall–Kier alpha value is -2.75. The van der Waals surface area contributed by atoms with Crippen LogP contribution in [0, 0.1) is 6.92 Å². The Bertz CT molecular complexity index is 930. The van der Waals surface area contributed by atoms with E-state index < -0.39 is 28.4 Å². The van der Waals surface area contributed by atoms with E-state index >= 15 is 0 Å². The van der Waals surface area contributed by atoms with Crippen LogP contribution < -0.4 is 11.5 Å². The van der Waals surface area contributed by atoms with Gasteiger partial charge in [0.1, 0.15) is 6.67 Å². The number of sulfone groups is 1. The molecule has 0 fully saturated rings. The molecule has 0 saturated carbocycles. The first kappa shape index (κ1) is 17.6. The molecule has 0 spiro atoms. The van der Waals surface area contributed by atoms with Gasteiger partial charge in [-0.15, -0.1) is 0 Å².